The van der Waals surface area contributed by atoms with E-state index in [1.54, 1.807) is 0 Å². The van der Waals surface area contributed by atoms with Gasteiger partial charge in [-0.25, -0.2) is 0 Å². The van der Waals surface area contributed by atoms with Gasteiger partial charge in [-0.1, -0.05) is 23.7 Å². The lowest BCUT2D eigenvalue weighted by atomic mass is 10.3. The van der Waals surface area contributed by atoms with Crippen molar-refractivity contribution in [3.05, 3.63) is 41.4 Å². The molecule has 3 heterocycles. The second-order valence-corrected chi connectivity index (χ2v) is 5.53. The number of para-hydroxylation sites is 1. The van der Waals surface area contributed by atoms with Crippen LogP contribution in [0.25, 0.3) is 5.65 Å². The number of benzene rings is 1. The van der Waals surface area contributed by atoms with Crippen LogP contribution >= 0.6 is 11.6 Å². The van der Waals surface area contributed by atoms with Crippen LogP contribution < -0.4 is 9.64 Å². The van der Waals surface area contributed by atoms with Crippen molar-refractivity contribution in [1.29, 1.82) is 0 Å². The van der Waals surface area contributed by atoms with Crippen LogP contribution in [0.3, 0.4) is 0 Å². The molecule has 7 nitrogen and oxygen atoms in total. The number of nitrogens with zero attached hydrogens (tertiary/aromatic N) is 6. The molecule has 1 unspecified atom stereocenters. The van der Waals surface area contributed by atoms with Crippen molar-refractivity contribution in [2.24, 2.45) is 0 Å². The van der Waals surface area contributed by atoms with Gasteiger partial charge in [0.15, 0.2) is 11.5 Å². The molecule has 4 rings (SSSR count). The summed E-state index contributed by atoms with van der Waals surface area (Å²) in [6.07, 6.45) is 1.01. The molecule has 1 aromatic carbocycles. The van der Waals surface area contributed by atoms with Gasteiger partial charge in [-0.05, 0) is 34.7 Å². The number of tetrazole rings is 1. The summed E-state index contributed by atoms with van der Waals surface area (Å²) in [5.74, 6) is 1.56. The summed E-state index contributed by atoms with van der Waals surface area (Å²) in [4.78, 5) is 2.16. The van der Waals surface area contributed by atoms with Gasteiger partial charge in [0.25, 0.3) is 0 Å². The van der Waals surface area contributed by atoms with E-state index in [9.17, 15) is 0 Å². The topological polar surface area (TPSA) is 68.4 Å². The van der Waals surface area contributed by atoms with E-state index in [0.717, 1.165) is 31.1 Å². The van der Waals surface area contributed by atoms with Gasteiger partial charge in [-0.3, -0.25) is 0 Å². The number of fused-ring (bicyclic) bond motifs is 1. The van der Waals surface area contributed by atoms with Crippen molar-refractivity contribution in [2.75, 3.05) is 18.0 Å². The zero-order chi connectivity index (χ0) is 14.9. The summed E-state index contributed by atoms with van der Waals surface area (Å²) in [6, 6.07) is 11.3. The molecular formula is C14H13ClN6O. The molecule has 0 N–H and O–H groups in total. The van der Waals surface area contributed by atoms with Gasteiger partial charge in [0.2, 0.25) is 0 Å². The number of hydrogen-bond donors (Lipinski definition) is 0. The molecule has 1 aliphatic rings. The SMILES string of the molecule is Clc1ccccc1OC1CCN(c2ccc3nnnn3n2)C1. The van der Waals surface area contributed by atoms with Crippen LogP contribution in [0, 0.1) is 0 Å². The number of ether oxygens (including phenoxy) is 1. The van der Waals surface area contributed by atoms with Gasteiger partial charge in [-0.2, -0.15) is 0 Å². The summed E-state index contributed by atoms with van der Waals surface area (Å²) in [5, 5.41) is 16.3. The summed E-state index contributed by atoms with van der Waals surface area (Å²) < 4.78 is 7.41. The molecule has 0 saturated carbocycles. The number of aromatic nitrogens is 5. The van der Waals surface area contributed by atoms with Gasteiger partial charge in [-0.15, -0.1) is 14.8 Å². The second-order valence-electron chi connectivity index (χ2n) is 5.12. The maximum atomic E-state index is 6.13. The quantitative estimate of drug-likeness (QED) is 0.734. The number of hydrogen-bond acceptors (Lipinski definition) is 6. The predicted octanol–water partition coefficient (Wildman–Crippen LogP) is 1.83. The van der Waals surface area contributed by atoms with E-state index in [-0.39, 0.29) is 6.10 Å². The van der Waals surface area contributed by atoms with Crippen LogP contribution in [0.1, 0.15) is 6.42 Å². The van der Waals surface area contributed by atoms with Gasteiger partial charge in [0.05, 0.1) is 11.6 Å². The molecule has 0 aliphatic carbocycles. The molecule has 1 fully saturated rings. The average Bonchev–Trinajstić information content (AvgIpc) is 3.17. The molecule has 1 saturated heterocycles. The Labute approximate surface area is 131 Å². The lowest BCUT2D eigenvalue weighted by molar-refractivity contribution is 0.225. The summed E-state index contributed by atoms with van der Waals surface area (Å²) >= 11 is 6.13. The fourth-order valence-electron chi connectivity index (χ4n) is 2.56. The van der Waals surface area contributed by atoms with Crippen LogP contribution in [0.2, 0.25) is 5.02 Å². The Balaban J connectivity index is 1.49. The second kappa shape index (κ2) is 5.42. The Kier molecular flexibility index (Phi) is 3.27. The van der Waals surface area contributed by atoms with Gasteiger partial charge in [0, 0.05) is 13.0 Å². The molecule has 0 bridgehead atoms. The van der Waals surface area contributed by atoms with Crippen molar-refractivity contribution < 1.29 is 4.74 Å². The first-order chi connectivity index (χ1) is 10.8. The van der Waals surface area contributed by atoms with E-state index in [0.29, 0.717) is 10.7 Å². The summed E-state index contributed by atoms with van der Waals surface area (Å²) in [5.41, 5.74) is 0.631. The van der Waals surface area contributed by atoms with E-state index < -0.39 is 0 Å². The lowest BCUT2D eigenvalue weighted by Gasteiger charge is -2.18. The third kappa shape index (κ3) is 2.43. The van der Waals surface area contributed by atoms with Gasteiger partial charge >= 0.3 is 0 Å². The Bertz CT molecular complexity index is 807. The van der Waals surface area contributed by atoms with E-state index >= 15 is 0 Å². The Morgan fingerprint density at radius 3 is 3.00 bits per heavy atom. The van der Waals surface area contributed by atoms with Crippen molar-refractivity contribution in [1.82, 2.24) is 25.3 Å². The first-order valence-electron chi connectivity index (χ1n) is 7.01. The van der Waals surface area contributed by atoms with Crippen molar-refractivity contribution in [2.45, 2.75) is 12.5 Å². The zero-order valence-corrected chi connectivity index (χ0v) is 12.4. The standard InChI is InChI=1S/C14H13ClN6O/c15-11-3-1-2-4-12(11)22-10-7-8-20(9-10)14-6-5-13-16-18-19-21(13)17-14/h1-6,10H,7-9H2. The minimum Gasteiger partial charge on any atom is -0.487 e. The number of anilines is 1. The molecular weight excluding hydrogens is 304 g/mol. The molecule has 0 spiro atoms. The van der Waals surface area contributed by atoms with Crippen LogP contribution in [-0.4, -0.2) is 44.4 Å². The van der Waals surface area contributed by atoms with Crippen LogP contribution in [0.4, 0.5) is 5.82 Å². The number of rotatable bonds is 3. The third-order valence-electron chi connectivity index (χ3n) is 3.65. The van der Waals surface area contributed by atoms with Gasteiger partial charge in [0.1, 0.15) is 11.9 Å². The van der Waals surface area contributed by atoms with Crippen LogP contribution in [0.5, 0.6) is 5.75 Å². The Morgan fingerprint density at radius 2 is 2.09 bits per heavy atom. The minimum absolute atomic E-state index is 0.0891. The van der Waals surface area contributed by atoms with Gasteiger partial charge < -0.3 is 9.64 Å². The highest BCUT2D eigenvalue weighted by Crippen LogP contribution is 2.27. The minimum atomic E-state index is 0.0891. The lowest BCUT2D eigenvalue weighted by Crippen LogP contribution is -2.25. The van der Waals surface area contributed by atoms with Crippen molar-refractivity contribution in [3.8, 4) is 5.75 Å². The molecule has 3 aromatic rings. The number of halogens is 1. The average molecular weight is 317 g/mol. The molecule has 112 valence electrons. The highest BCUT2D eigenvalue weighted by molar-refractivity contribution is 6.32. The van der Waals surface area contributed by atoms with E-state index in [2.05, 4.69) is 25.5 Å². The fourth-order valence-corrected chi connectivity index (χ4v) is 2.74. The molecule has 22 heavy (non-hydrogen) atoms. The van der Waals surface area contributed by atoms with Crippen molar-refractivity contribution in [3.63, 3.8) is 0 Å². The Morgan fingerprint density at radius 1 is 1.18 bits per heavy atom. The van der Waals surface area contributed by atoms with Crippen LogP contribution in [0.15, 0.2) is 36.4 Å². The first kappa shape index (κ1) is 13.3. The summed E-state index contributed by atoms with van der Waals surface area (Å²) in [6.45, 7) is 1.63. The smallest absolute Gasteiger partial charge is 0.200 e. The monoisotopic (exact) mass is 316 g/mol. The third-order valence-corrected chi connectivity index (χ3v) is 3.97. The highest BCUT2D eigenvalue weighted by atomic mass is 35.5. The molecule has 1 aliphatic heterocycles. The Hall–Kier alpha value is -2.41. The molecule has 2 aromatic heterocycles. The molecule has 0 radical (unpaired) electrons. The largest absolute Gasteiger partial charge is 0.487 e. The zero-order valence-electron chi connectivity index (χ0n) is 11.6. The summed E-state index contributed by atoms with van der Waals surface area (Å²) in [7, 11) is 0. The van der Waals surface area contributed by atoms with Crippen molar-refractivity contribution >= 4 is 23.1 Å². The molecule has 0 amide bonds. The van der Waals surface area contributed by atoms with E-state index in [1.807, 2.05) is 36.4 Å². The van der Waals surface area contributed by atoms with E-state index in [4.69, 9.17) is 16.3 Å². The fraction of sp³-hybridized carbons (Fsp3) is 0.286. The first-order valence-corrected chi connectivity index (χ1v) is 7.39. The maximum absolute atomic E-state index is 6.13. The van der Waals surface area contributed by atoms with E-state index in [1.165, 1.54) is 4.63 Å². The molecule has 1 atom stereocenters. The maximum Gasteiger partial charge on any atom is 0.200 e. The predicted molar refractivity (Wildman–Crippen MR) is 81.3 cm³/mol. The van der Waals surface area contributed by atoms with Crippen LogP contribution in [-0.2, 0) is 0 Å². The normalized spacial score (nSPS) is 18.0. The molecule has 8 heteroatoms. The highest BCUT2D eigenvalue weighted by Gasteiger charge is 2.26.